The first-order valence-corrected chi connectivity index (χ1v) is 9.30. The van der Waals surface area contributed by atoms with Crippen LogP contribution in [-0.4, -0.2) is 43.8 Å². The zero-order valence-corrected chi connectivity index (χ0v) is 14.1. The Balaban J connectivity index is 1.64. The fourth-order valence-electron chi connectivity index (χ4n) is 2.82. The van der Waals surface area contributed by atoms with Gasteiger partial charge in [0.1, 0.15) is 0 Å². The molecule has 124 valence electrons. The molecule has 1 aliphatic rings. The average Bonchev–Trinajstić information content (AvgIpc) is 2.63. The molecule has 1 heterocycles. The Morgan fingerprint density at radius 3 is 2.12 bits per heavy atom. The molecule has 5 nitrogen and oxygen atoms in total. The molecule has 1 aliphatic heterocycles. The summed E-state index contributed by atoms with van der Waals surface area (Å²) >= 11 is 0. The standard InChI is InChI=1S/C18H19N3O2S/c19-14-16-6-8-18(9-7-16)24(22,23)21-12-10-20(11-13-21)15-17-4-2-1-3-5-17/h1-9H,10-13,15H2. The highest BCUT2D eigenvalue weighted by molar-refractivity contribution is 7.89. The van der Waals surface area contributed by atoms with Crippen molar-refractivity contribution in [1.82, 2.24) is 9.21 Å². The van der Waals surface area contributed by atoms with E-state index < -0.39 is 10.0 Å². The van der Waals surface area contributed by atoms with Crippen LogP contribution in [0.15, 0.2) is 59.5 Å². The average molecular weight is 341 g/mol. The molecule has 0 bridgehead atoms. The maximum atomic E-state index is 12.7. The van der Waals surface area contributed by atoms with E-state index >= 15 is 0 Å². The number of hydrogen-bond donors (Lipinski definition) is 0. The Hall–Kier alpha value is -2.20. The molecule has 1 fully saturated rings. The Bertz CT molecular complexity index is 819. The lowest BCUT2D eigenvalue weighted by Gasteiger charge is -2.34. The molecular formula is C18H19N3O2S. The predicted molar refractivity (Wildman–Crippen MR) is 91.6 cm³/mol. The Kier molecular flexibility index (Phi) is 4.95. The Morgan fingerprint density at radius 2 is 1.54 bits per heavy atom. The monoisotopic (exact) mass is 341 g/mol. The fourth-order valence-corrected chi connectivity index (χ4v) is 4.24. The Morgan fingerprint density at radius 1 is 0.917 bits per heavy atom. The third kappa shape index (κ3) is 3.65. The van der Waals surface area contributed by atoms with Crippen LogP contribution in [0.3, 0.4) is 0 Å². The highest BCUT2D eigenvalue weighted by Crippen LogP contribution is 2.19. The van der Waals surface area contributed by atoms with Crippen molar-refractivity contribution in [2.45, 2.75) is 11.4 Å². The molecule has 0 unspecified atom stereocenters. The van der Waals surface area contributed by atoms with Gasteiger partial charge in [0.25, 0.3) is 0 Å². The molecule has 6 heteroatoms. The number of rotatable bonds is 4. The van der Waals surface area contributed by atoms with Crippen LogP contribution in [0.5, 0.6) is 0 Å². The minimum absolute atomic E-state index is 0.248. The van der Waals surface area contributed by atoms with Gasteiger partial charge >= 0.3 is 0 Å². The second-order valence-corrected chi connectivity index (χ2v) is 7.74. The van der Waals surface area contributed by atoms with Gasteiger partial charge in [-0.2, -0.15) is 9.57 Å². The van der Waals surface area contributed by atoms with Crippen LogP contribution in [0.2, 0.25) is 0 Å². The molecular weight excluding hydrogens is 322 g/mol. The molecule has 1 saturated heterocycles. The number of hydrogen-bond acceptors (Lipinski definition) is 4. The van der Waals surface area contributed by atoms with Gasteiger partial charge in [0.2, 0.25) is 10.0 Å². The quantitative estimate of drug-likeness (QED) is 0.854. The lowest BCUT2D eigenvalue weighted by molar-refractivity contribution is 0.181. The summed E-state index contributed by atoms with van der Waals surface area (Å²) in [5, 5.41) is 8.81. The van der Waals surface area contributed by atoms with Crippen molar-refractivity contribution in [2.24, 2.45) is 0 Å². The van der Waals surface area contributed by atoms with Gasteiger partial charge in [0, 0.05) is 32.7 Å². The highest BCUT2D eigenvalue weighted by Gasteiger charge is 2.28. The maximum absolute atomic E-state index is 12.7. The van der Waals surface area contributed by atoms with Crippen LogP contribution in [0.1, 0.15) is 11.1 Å². The summed E-state index contributed by atoms with van der Waals surface area (Å²) < 4.78 is 26.9. The normalized spacial score (nSPS) is 16.6. The summed E-state index contributed by atoms with van der Waals surface area (Å²) in [5.74, 6) is 0. The van der Waals surface area contributed by atoms with Crippen molar-refractivity contribution >= 4 is 10.0 Å². The van der Waals surface area contributed by atoms with Crippen molar-refractivity contribution in [1.29, 1.82) is 5.26 Å². The molecule has 3 rings (SSSR count). The highest BCUT2D eigenvalue weighted by atomic mass is 32.2. The van der Waals surface area contributed by atoms with Gasteiger partial charge in [-0.25, -0.2) is 8.42 Å². The van der Waals surface area contributed by atoms with E-state index in [0.717, 1.165) is 6.54 Å². The van der Waals surface area contributed by atoms with Crippen LogP contribution in [0.25, 0.3) is 0 Å². The summed E-state index contributed by atoms with van der Waals surface area (Å²) in [7, 11) is -3.49. The molecule has 0 aliphatic carbocycles. The summed E-state index contributed by atoms with van der Waals surface area (Å²) in [6.45, 7) is 3.23. The summed E-state index contributed by atoms with van der Waals surface area (Å²) in [5.41, 5.74) is 1.70. The van der Waals surface area contributed by atoms with E-state index in [1.807, 2.05) is 24.3 Å². The van der Waals surface area contributed by atoms with Gasteiger partial charge in [0.05, 0.1) is 16.5 Å². The smallest absolute Gasteiger partial charge is 0.243 e. The van der Waals surface area contributed by atoms with Gasteiger partial charge in [-0.1, -0.05) is 30.3 Å². The van der Waals surface area contributed by atoms with Crippen LogP contribution >= 0.6 is 0 Å². The van der Waals surface area contributed by atoms with E-state index in [-0.39, 0.29) is 4.90 Å². The van der Waals surface area contributed by atoms with Gasteiger partial charge in [-0.05, 0) is 29.8 Å². The minimum Gasteiger partial charge on any atom is -0.296 e. The number of nitrogens with zero attached hydrogens (tertiary/aromatic N) is 3. The van der Waals surface area contributed by atoms with Crippen molar-refractivity contribution in [3.05, 3.63) is 65.7 Å². The summed E-state index contributed by atoms with van der Waals surface area (Å²) in [6, 6.07) is 18.3. The van der Waals surface area contributed by atoms with Gasteiger partial charge in [0.15, 0.2) is 0 Å². The first-order valence-electron chi connectivity index (χ1n) is 7.86. The number of sulfonamides is 1. The largest absolute Gasteiger partial charge is 0.296 e. The van der Waals surface area contributed by atoms with Gasteiger partial charge in [-0.15, -0.1) is 0 Å². The topological polar surface area (TPSA) is 64.4 Å². The molecule has 0 amide bonds. The second kappa shape index (κ2) is 7.14. The van der Waals surface area contributed by atoms with Crippen LogP contribution in [-0.2, 0) is 16.6 Å². The van der Waals surface area contributed by atoms with Crippen molar-refractivity contribution in [2.75, 3.05) is 26.2 Å². The number of nitriles is 1. The first kappa shape index (κ1) is 16.7. The SMILES string of the molecule is N#Cc1ccc(S(=O)(=O)N2CCN(Cc3ccccc3)CC2)cc1. The van der Waals surface area contributed by atoms with E-state index in [4.69, 9.17) is 5.26 Å². The van der Waals surface area contributed by atoms with Crippen molar-refractivity contribution in [3.63, 3.8) is 0 Å². The zero-order chi connectivity index (χ0) is 17.0. The van der Waals surface area contributed by atoms with Crippen molar-refractivity contribution in [3.8, 4) is 6.07 Å². The lowest BCUT2D eigenvalue weighted by Crippen LogP contribution is -2.48. The fraction of sp³-hybridized carbons (Fsp3) is 0.278. The first-order chi connectivity index (χ1) is 11.6. The van der Waals surface area contributed by atoms with Gasteiger partial charge in [-0.3, -0.25) is 4.90 Å². The molecule has 2 aromatic rings. The summed E-state index contributed by atoms with van der Waals surface area (Å²) in [6.07, 6.45) is 0. The molecule has 0 aromatic heterocycles. The third-order valence-electron chi connectivity index (χ3n) is 4.20. The molecule has 0 atom stereocenters. The summed E-state index contributed by atoms with van der Waals surface area (Å²) in [4.78, 5) is 2.51. The Labute approximate surface area is 142 Å². The van der Waals surface area contributed by atoms with Crippen molar-refractivity contribution < 1.29 is 8.42 Å². The van der Waals surface area contributed by atoms with Crippen LogP contribution in [0.4, 0.5) is 0 Å². The second-order valence-electron chi connectivity index (χ2n) is 5.80. The van der Waals surface area contributed by atoms with Gasteiger partial charge < -0.3 is 0 Å². The van der Waals surface area contributed by atoms with E-state index in [1.54, 1.807) is 12.1 Å². The molecule has 0 radical (unpaired) electrons. The number of piperazine rings is 1. The van der Waals surface area contributed by atoms with E-state index in [2.05, 4.69) is 17.0 Å². The third-order valence-corrected chi connectivity index (χ3v) is 6.11. The molecule has 2 aromatic carbocycles. The molecule has 0 spiro atoms. The zero-order valence-electron chi connectivity index (χ0n) is 13.3. The van der Waals surface area contributed by atoms with E-state index in [0.29, 0.717) is 31.7 Å². The lowest BCUT2D eigenvalue weighted by atomic mass is 10.2. The van der Waals surface area contributed by atoms with E-state index in [1.165, 1.54) is 22.0 Å². The van der Waals surface area contributed by atoms with Crippen LogP contribution in [0, 0.1) is 11.3 Å². The minimum atomic E-state index is -3.49. The maximum Gasteiger partial charge on any atom is 0.243 e. The molecule has 24 heavy (non-hydrogen) atoms. The van der Waals surface area contributed by atoms with E-state index in [9.17, 15) is 8.42 Å². The molecule has 0 N–H and O–H groups in total. The van der Waals surface area contributed by atoms with Crippen LogP contribution < -0.4 is 0 Å². The predicted octanol–water partition coefficient (Wildman–Crippen LogP) is 2.06. The number of benzene rings is 2. The molecule has 0 saturated carbocycles.